The van der Waals surface area contributed by atoms with Gasteiger partial charge >= 0.3 is 0 Å². The fourth-order valence-corrected chi connectivity index (χ4v) is 4.58. The molecule has 0 aromatic carbocycles. The van der Waals surface area contributed by atoms with Crippen LogP contribution < -0.4 is 10.5 Å². The average molecular weight is 466 g/mol. The first kappa shape index (κ1) is 19.8. The van der Waals surface area contributed by atoms with E-state index in [1.807, 2.05) is 12.1 Å². The molecule has 0 aliphatic carbocycles. The largest absolute Gasteiger partial charge is 0.341 e. The molecule has 0 spiro atoms. The number of rotatable bonds is 4. The van der Waals surface area contributed by atoms with E-state index in [2.05, 4.69) is 24.9 Å². The number of nitrogens with zero attached hydrogens (tertiary/aromatic N) is 8. The van der Waals surface area contributed by atoms with Gasteiger partial charge in [0.2, 0.25) is 0 Å². The maximum Gasteiger partial charge on any atom is 0.279 e. The number of pyridine rings is 1. The third-order valence-corrected chi connectivity index (χ3v) is 6.12. The lowest BCUT2D eigenvalue weighted by atomic mass is 10.2. The summed E-state index contributed by atoms with van der Waals surface area (Å²) in [7, 11) is 0. The van der Waals surface area contributed by atoms with Crippen molar-refractivity contribution < 1.29 is 4.39 Å². The highest BCUT2D eigenvalue weighted by atomic mass is 35.5. The molecule has 1 aliphatic heterocycles. The summed E-state index contributed by atoms with van der Waals surface area (Å²) in [4.78, 5) is 35.5. The van der Waals surface area contributed by atoms with Gasteiger partial charge in [-0.2, -0.15) is 5.10 Å². The highest BCUT2D eigenvalue weighted by Gasteiger charge is 2.39. The first-order chi connectivity index (χ1) is 16.1. The van der Waals surface area contributed by atoms with Gasteiger partial charge in [0, 0.05) is 18.8 Å². The Morgan fingerprint density at radius 2 is 2.09 bits per heavy atom. The number of fused-ring (bicyclic) bond motifs is 2. The van der Waals surface area contributed by atoms with Crippen LogP contribution >= 0.6 is 11.6 Å². The number of hydrogen-bond acceptors (Lipinski definition) is 7. The van der Waals surface area contributed by atoms with Crippen LogP contribution in [0.3, 0.4) is 0 Å². The van der Waals surface area contributed by atoms with Gasteiger partial charge in [-0.3, -0.25) is 14.3 Å². The van der Waals surface area contributed by atoms with E-state index in [-0.39, 0.29) is 30.6 Å². The predicted octanol–water partition coefficient (Wildman–Crippen LogP) is 2.55. The summed E-state index contributed by atoms with van der Waals surface area (Å²) in [6, 6.07) is 6.52. The molecule has 0 saturated carbocycles. The summed E-state index contributed by atoms with van der Waals surface area (Å²) in [6.07, 6.45) is 5.21. The Bertz CT molecular complexity index is 1530. The van der Waals surface area contributed by atoms with Crippen molar-refractivity contribution in [2.45, 2.75) is 25.2 Å². The smallest absolute Gasteiger partial charge is 0.279 e. The third kappa shape index (κ3) is 3.23. The van der Waals surface area contributed by atoms with Crippen LogP contribution in [0.5, 0.6) is 0 Å². The molecule has 6 rings (SSSR count). The van der Waals surface area contributed by atoms with Crippen molar-refractivity contribution in [3.8, 4) is 0 Å². The minimum Gasteiger partial charge on any atom is -0.341 e. The number of anilines is 1. The van der Waals surface area contributed by atoms with E-state index < -0.39 is 12.2 Å². The number of nitrogens with one attached hydrogen (secondary N) is 1. The summed E-state index contributed by atoms with van der Waals surface area (Å²) < 4.78 is 17.8. The molecular formula is C21H17ClFN9O. The zero-order chi connectivity index (χ0) is 22.5. The minimum atomic E-state index is -1.14. The van der Waals surface area contributed by atoms with Gasteiger partial charge in [-0.25, -0.2) is 23.9 Å². The Morgan fingerprint density at radius 3 is 2.94 bits per heavy atom. The van der Waals surface area contributed by atoms with Gasteiger partial charge < -0.3 is 9.88 Å². The molecule has 2 atom stereocenters. The van der Waals surface area contributed by atoms with Gasteiger partial charge in [-0.1, -0.05) is 17.7 Å². The van der Waals surface area contributed by atoms with Gasteiger partial charge in [-0.15, -0.1) is 0 Å². The normalized spacial score (nSPS) is 18.5. The minimum absolute atomic E-state index is 0.0908. The number of halogens is 2. The Hall–Kier alpha value is -3.86. The number of alkyl halides is 1. The van der Waals surface area contributed by atoms with E-state index in [1.165, 1.54) is 21.7 Å². The monoisotopic (exact) mass is 465 g/mol. The third-order valence-electron chi connectivity index (χ3n) is 5.82. The highest BCUT2D eigenvalue weighted by Crippen LogP contribution is 2.37. The van der Waals surface area contributed by atoms with Gasteiger partial charge in [0.15, 0.2) is 17.3 Å². The van der Waals surface area contributed by atoms with E-state index in [4.69, 9.17) is 16.7 Å². The molecule has 5 aromatic rings. The molecule has 10 nitrogen and oxygen atoms in total. The molecule has 1 fully saturated rings. The first-order valence-corrected chi connectivity index (χ1v) is 10.7. The van der Waals surface area contributed by atoms with Crippen LogP contribution in [0.2, 0.25) is 5.02 Å². The molecule has 1 N–H and O–H groups in total. The SMILES string of the molecule is O=c1c2c(Cl)ccn2nc([C@@H]2C[C@H](F)CN2c2ncnc3[nH]cnc23)n1Cc1ccccn1. The van der Waals surface area contributed by atoms with Crippen LogP contribution in [0.4, 0.5) is 10.2 Å². The molecule has 6 heterocycles. The number of aromatic nitrogens is 8. The van der Waals surface area contributed by atoms with Crippen molar-refractivity contribution in [2.24, 2.45) is 0 Å². The van der Waals surface area contributed by atoms with Crippen LogP contribution in [-0.4, -0.2) is 51.8 Å². The van der Waals surface area contributed by atoms with E-state index in [0.29, 0.717) is 33.5 Å². The molecular weight excluding hydrogens is 449 g/mol. The second kappa shape index (κ2) is 7.62. The molecule has 12 heteroatoms. The summed E-state index contributed by atoms with van der Waals surface area (Å²) in [5, 5.41) is 5.00. The molecule has 0 amide bonds. The highest BCUT2D eigenvalue weighted by molar-refractivity contribution is 6.33. The first-order valence-electron chi connectivity index (χ1n) is 10.3. The van der Waals surface area contributed by atoms with Crippen molar-refractivity contribution in [2.75, 3.05) is 11.4 Å². The molecule has 33 heavy (non-hydrogen) atoms. The van der Waals surface area contributed by atoms with Crippen molar-refractivity contribution in [1.29, 1.82) is 0 Å². The molecule has 1 saturated heterocycles. The lowest BCUT2D eigenvalue weighted by Crippen LogP contribution is -2.34. The van der Waals surface area contributed by atoms with Crippen molar-refractivity contribution in [3.05, 3.63) is 76.2 Å². The Balaban J connectivity index is 1.55. The van der Waals surface area contributed by atoms with Crippen LogP contribution in [0, 0.1) is 0 Å². The fourth-order valence-electron chi connectivity index (χ4n) is 4.36. The standard InChI is InChI=1S/C21H17ClFN9O/c22-14-4-6-32-17(14)21(33)31(9-13-3-1-2-5-24-13)19(29-32)15-7-12(23)8-30(15)20-16-18(26-10-25-16)27-11-28-20/h1-6,10-12,15H,7-9H2,(H,25,26,27,28)/t12-,15-/m0/s1. The van der Waals surface area contributed by atoms with Gasteiger partial charge in [0.05, 0.1) is 36.2 Å². The number of aromatic amines is 1. The zero-order valence-electron chi connectivity index (χ0n) is 17.1. The lowest BCUT2D eigenvalue weighted by molar-refractivity contribution is 0.353. The van der Waals surface area contributed by atoms with E-state index >= 15 is 0 Å². The summed E-state index contributed by atoms with van der Waals surface area (Å²) in [5.41, 5.74) is 1.69. The second-order valence-electron chi connectivity index (χ2n) is 7.83. The second-order valence-corrected chi connectivity index (χ2v) is 8.23. The fraction of sp³-hybridized carbons (Fsp3) is 0.238. The summed E-state index contributed by atoms with van der Waals surface area (Å²) in [5.74, 6) is 0.878. The quantitative estimate of drug-likeness (QED) is 0.434. The number of H-pyrrole nitrogens is 1. The van der Waals surface area contributed by atoms with Crippen LogP contribution in [0.1, 0.15) is 24.0 Å². The van der Waals surface area contributed by atoms with E-state index in [1.54, 1.807) is 29.4 Å². The summed E-state index contributed by atoms with van der Waals surface area (Å²) >= 11 is 6.28. The maximum absolute atomic E-state index is 14.8. The van der Waals surface area contributed by atoms with Crippen molar-refractivity contribution in [1.82, 2.24) is 39.1 Å². The van der Waals surface area contributed by atoms with Crippen molar-refractivity contribution >= 4 is 34.1 Å². The zero-order valence-corrected chi connectivity index (χ0v) is 17.9. The average Bonchev–Trinajstić information content (AvgIpc) is 3.54. The molecule has 0 bridgehead atoms. The van der Waals surface area contributed by atoms with Gasteiger partial charge in [0.25, 0.3) is 5.56 Å². The van der Waals surface area contributed by atoms with Gasteiger partial charge in [-0.05, 0) is 18.2 Å². The van der Waals surface area contributed by atoms with Crippen LogP contribution in [0.15, 0.2) is 54.1 Å². The van der Waals surface area contributed by atoms with E-state index in [0.717, 1.165) is 0 Å². The molecule has 0 unspecified atom stereocenters. The molecule has 1 aliphatic rings. The Kier molecular flexibility index (Phi) is 4.57. The number of imidazole rings is 1. The summed E-state index contributed by atoms with van der Waals surface area (Å²) in [6.45, 7) is 0.260. The Morgan fingerprint density at radius 1 is 1.18 bits per heavy atom. The maximum atomic E-state index is 14.8. The molecule has 0 radical (unpaired) electrons. The lowest BCUT2D eigenvalue weighted by Gasteiger charge is -2.26. The van der Waals surface area contributed by atoms with Crippen molar-refractivity contribution in [3.63, 3.8) is 0 Å². The number of hydrogen-bond donors (Lipinski definition) is 1. The van der Waals surface area contributed by atoms with Crippen LogP contribution in [0.25, 0.3) is 16.7 Å². The topological polar surface area (TPSA) is 110 Å². The van der Waals surface area contributed by atoms with E-state index in [9.17, 15) is 9.18 Å². The van der Waals surface area contributed by atoms with Crippen LogP contribution in [-0.2, 0) is 6.54 Å². The van der Waals surface area contributed by atoms with Gasteiger partial charge in [0.1, 0.15) is 23.5 Å². The Labute approximate surface area is 190 Å². The predicted molar refractivity (Wildman–Crippen MR) is 119 cm³/mol. The molecule has 5 aromatic heterocycles. The molecule has 166 valence electrons.